The van der Waals surface area contributed by atoms with Gasteiger partial charge in [-0.25, -0.2) is 0 Å². The summed E-state index contributed by atoms with van der Waals surface area (Å²) in [5.74, 6) is 0.772. The second-order valence-electron chi connectivity index (χ2n) is 5.31. The van der Waals surface area contributed by atoms with Gasteiger partial charge in [-0.15, -0.1) is 0 Å². The van der Waals surface area contributed by atoms with Crippen LogP contribution in [0.5, 0.6) is 0 Å². The number of nitrogens with one attached hydrogen (secondary N) is 1. The molecule has 0 unspecified atom stereocenters. The predicted molar refractivity (Wildman–Crippen MR) is 100 cm³/mol. The van der Waals surface area contributed by atoms with E-state index in [9.17, 15) is 18.5 Å². The molecule has 1 aromatic heterocycles. The van der Waals surface area contributed by atoms with E-state index in [1.165, 1.54) is 42.6 Å². The number of nitrogens with zero attached hydrogens (tertiary/aromatic N) is 2. The Hall–Kier alpha value is -3.17. The molecule has 0 atom stereocenters. The van der Waals surface area contributed by atoms with Gasteiger partial charge in [0.25, 0.3) is 15.7 Å². The van der Waals surface area contributed by atoms with Crippen molar-refractivity contribution in [3.05, 3.63) is 81.6 Å². The number of furan rings is 1. The molecule has 1 N–H and O–H groups in total. The van der Waals surface area contributed by atoms with Crippen LogP contribution in [0, 0.1) is 10.1 Å². The van der Waals surface area contributed by atoms with Gasteiger partial charge >= 0.3 is 0 Å². The van der Waals surface area contributed by atoms with E-state index in [0.717, 1.165) is 0 Å². The van der Waals surface area contributed by atoms with Crippen LogP contribution in [-0.4, -0.2) is 19.6 Å². The minimum absolute atomic E-state index is 0.0232. The summed E-state index contributed by atoms with van der Waals surface area (Å²) in [6.07, 6.45) is 1.21. The third-order valence-electron chi connectivity index (χ3n) is 3.48. The first-order chi connectivity index (χ1) is 12.8. The fourth-order valence-electron chi connectivity index (χ4n) is 2.15. The Morgan fingerprint density at radius 1 is 1.04 bits per heavy atom. The van der Waals surface area contributed by atoms with Crippen molar-refractivity contribution in [3.63, 3.8) is 0 Å². The van der Waals surface area contributed by atoms with Crippen LogP contribution in [0.3, 0.4) is 0 Å². The number of nitro groups is 1. The monoisotopic (exact) mass is 405 g/mol. The van der Waals surface area contributed by atoms with Crippen molar-refractivity contribution in [3.8, 4) is 11.3 Å². The zero-order valence-corrected chi connectivity index (χ0v) is 15.1. The molecule has 0 aliphatic heterocycles. The van der Waals surface area contributed by atoms with E-state index in [1.54, 1.807) is 24.3 Å². The molecular formula is C17H12ClN3O5S. The van der Waals surface area contributed by atoms with Crippen LogP contribution in [0.2, 0.25) is 5.02 Å². The maximum absolute atomic E-state index is 12.1. The van der Waals surface area contributed by atoms with Crippen molar-refractivity contribution in [1.82, 2.24) is 4.83 Å². The lowest BCUT2D eigenvalue weighted by atomic mass is 10.1. The number of halogens is 1. The van der Waals surface area contributed by atoms with Gasteiger partial charge in [0.2, 0.25) is 0 Å². The molecule has 0 aliphatic rings. The average Bonchev–Trinajstić information content (AvgIpc) is 3.11. The Morgan fingerprint density at radius 2 is 1.70 bits per heavy atom. The Bertz CT molecular complexity index is 1090. The molecule has 0 spiro atoms. The first-order valence-electron chi connectivity index (χ1n) is 7.50. The van der Waals surface area contributed by atoms with Crippen molar-refractivity contribution in [2.45, 2.75) is 4.90 Å². The zero-order chi connectivity index (χ0) is 19.4. The lowest BCUT2D eigenvalue weighted by Gasteiger charge is -2.02. The van der Waals surface area contributed by atoms with Crippen LogP contribution in [0.4, 0.5) is 5.69 Å². The van der Waals surface area contributed by atoms with Gasteiger partial charge in [-0.05, 0) is 48.5 Å². The van der Waals surface area contributed by atoms with E-state index >= 15 is 0 Å². The topological polar surface area (TPSA) is 115 Å². The molecule has 0 fully saturated rings. The number of hydrogen-bond donors (Lipinski definition) is 1. The lowest BCUT2D eigenvalue weighted by molar-refractivity contribution is -0.384. The van der Waals surface area contributed by atoms with E-state index in [2.05, 4.69) is 9.93 Å². The maximum atomic E-state index is 12.1. The molecule has 0 saturated carbocycles. The smallest absolute Gasteiger partial charge is 0.276 e. The summed E-state index contributed by atoms with van der Waals surface area (Å²) in [5.41, 5.74) is 0.616. The van der Waals surface area contributed by atoms with Gasteiger partial charge < -0.3 is 4.42 Å². The quantitative estimate of drug-likeness (QED) is 0.380. The van der Waals surface area contributed by atoms with Crippen molar-refractivity contribution >= 4 is 33.5 Å². The highest BCUT2D eigenvalue weighted by Gasteiger charge is 2.12. The molecule has 0 radical (unpaired) electrons. The van der Waals surface area contributed by atoms with E-state index in [1.807, 2.05) is 0 Å². The van der Waals surface area contributed by atoms with Crippen LogP contribution in [0.15, 0.2) is 75.1 Å². The molecule has 0 saturated heterocycles. The highest BCUT2D eigenvalue weighted by molar-refractivity contribution is 7.89. The number of hydrogen-bond acceptors (Lipinski definition) is 6. The minimum Gasteiger partial charge on any atom is -0.455 e. The van der Waals surface area contributed by atoms with Crippen LogP contribution in [0.25, 0.3) is 11.3 Å². The fraction of sp³-hybridized carbons (Fsp3) is 0. The summed E-state index contributed by atoms with van der Waals surface area (Å²) in [4.78, 5) is 12.3. The van der Waals surface area contributed by atoms with Crippen LogP contribution in [0.1, 0.15) is 5.76 Å². The summed E-state index contributed by atoms with van der Waals surface area (Å²) < 4.78 is 29.7. The van der Waals surface area contributed by atoms with Gasteiger partial charge in [-0.2, -0.15) is 18.4 Å². The van der Waals surface area contributed by atoms with Crippen molar-refractivity contribution in [2.75, 3.05) is 0 Å². The number of rotatable bonds is 6. The number of sulfonamides is 1. The summed E-state index contributed by atoms with van der Waals surface area (Å²) in [5, 5.41) is 14.8. The first kappa shape index (κ1) is 18.6. The number of nitro benzene ring substituents is 1. The molecule has 2 aromatic carbocycles. The average molecular weight is 406 g/mol. The lowest BCUT2D eigenvalue weighted by Crippen LogP contribution is -2.18. The van der Waals surface area contributed by atoms with Gasteiger partial charge in [0.15, 0.2) is 0 Å². The molecule has 3 aromatic rings. The third kappa shape index (κ3) is 4.52. The number of hydrazone groups is 1. The van der Waals surface area contributed by atoms with Crippen molar-refractivity contribution in [1.29, 1.82) is 0 Å². The van der Waals surface area contributed by atoms with Crippen molar-refractivity contribution in [2.24, 2.45) is 5.10 Å². The molecule has 138 valence electrons. The third-order valence-corrected chi connectivity index (χ3v) is 4.97. The zero-order valence-electron chi connectivity index (χ0n) is 13.6. The minimum atomic E-state index is -3.82. The molecule has 0 aliphatic carbocycles. The van der Waals surface area contributed by atoms with Gasteiger partial charge in [0.1, 0.15) is 11.5 Å². The van der Waals surface area contributed by atoms with E-state index < -0.39 is 14.9 Å². The summed E-state index contributed by atoms with van der Waals surface area (Å²) in [6.45, 7) is 0. The van der Waals surface area contributed by atoms with Gasteiger partial charge in [-0.3, -0.25) is 10.1 Å². The molecule has 1 heterocycles. The number of benzene rings is 2. The van der Waals surface area contributed by atoms with E-state index in [-0.39, 0.29) is 10.6 Å². The highest BCUT2D eigenvalue weighted by atomic mass is 35.5. The Kier molecular flexibility index (Phi) is 5.24. The molecule has 10 heteroatoms. The highest BCUT2D eigenvalue weighted by Crippen LogP contribution is 2.24. The van der Waals surface area contributed by atoms with Crippen LogP contribution >= 0.6 is 11.6 Å². The summed E-state index contributed by atoms with van der Waals surface area (Å²) in [7, 11) is -3.82. The second-order valence-corrected chi connectivity index (χ2v) is 7.41. The second kappa shape index (κ2) is 7.60. The maximum Gasteiger partial charge on any atom is 0.276 e. The molecule has 8 nitrogen and oxygen atoms in total. The van der Waals surface area contributed by atoms with Crippen LogP contribution in [-0.2, 0) is 10.0 Å². The SMILES string of the molecule is O=[N+]([O-])c1ccc(-c2ccc(/C=N\NS(=O)(=O)c3ccc(Cl)cc3)o2)cc1. The molecule has 0 bridgehead atoms. The molecular weight excluding hydrogens is 394 g/mol. The number of non-ortho nitro benzene ring substituents is 1. The first-order valence-corrected chi connectivity index (χ1v) is 9.36. The Balaban J connectivity index is 1.70. The Morgan fingerprint density at radius 3 is 2.33 bits per heavy atom. The van der Waals surface area contributed by atoms with Gasteiger partial charge in [-0.1, -0.05) is 11.6 Å². The molecule has 0 amide bonds. The van der Waals surface area contributed by atoms with Crippen LogP contribution < -0.4 is 4.83 Å². The van der Waals surface area contributed by atoms with Gasteiger partial charge in [0.05, 0.1) is 16.0 Å². The largest absolute Gasteiger partial charge is 0.455 e. The van der Waals surface area contributed by atoms with E-state index in [4.69, 9.17) is 16.0 Å². The molecule has 27 heavy (non-hydrogen) atoms. The fourth-order valence-corrected chi connectivity index (χ4v) is 3.07. The molecule has 3 rings (SSSR count). The van der Waals surface area contributed by atoms with Crippen molar-refractivity contribution < 1.29 is 17.8 Å². The standard InChI is InChI=1S/C17H12ClN3O5S/c18-13-3-8-16(9-4-13)27(24,25)20-19-11-15-7-10-17(26-15)12-1-5-14(6-2-12)21(22)23/h1-11,20H/b19-11-. The Labute approximate surface area is 159 Å². The summed E-state index contributed by atoms with van der Waals surface area (Å²) >= 11 is 5.73. The normalized spacial score (nSPS) is 11.6. The summed E-state index contributed by atoms with van der Waals surface area (Å²) in [6, 6.07) is 14.7. The van der Waals surface area contributed by atoms with Gasteiger partial charge in [0, 0.05) is 22.7 Å². The van der Waals surface area contributed by atoms with E-state index in [0.29, 0.717) is 22.1 Å². The predicted octanol–water partition coefficient (Wildman–Crippen LogP) is 3.82.